The van der Waals surface area contributed by atoms with Crippen LogP contribution in [0.15, 0.2) is 18.2 Å². The lowest BCUT2D eigenvalue weighted by Crippen LogP contribution is -2.09. The molecule has 0 bridgehead atoms. The van der Waals surface area contributed by atoms with Crippen molar-refractivity contribution in [3.8, 4) is 5.75 Å². The highest BCUT2D eigenvalue weighted by molar-refractivity contribution is 7.99. The fraction of sp³-hybridized carbons (Fsp3) is 0.562. The highest BCUT2D eigenvalue weighted by Crippen LogP contribution is 2.40. The fourth-order valence-corrected chi connectivity index (χ4v) is 4.44. The van der Waals surface area contributed by atoms with E-state index >= 15 is 0 Å². The SMILES string of the molecule is CCOc1cccc2c1nc(N)n2C1CCC(SCC)C1. The largest absolute Gasteiger partial charge is 0.492 e. The van der Waals surface area contributed by atoms with Gasteiger partial charge in [0.2, 0.25) is 5.95 Å². The quantitative estimate of drug-likeness (QED) is 0.911. The normalized spacial score (nSPS) is 22.0. The molecule has 1 fully saturated rings. The second-order valence-corrected chi connectivity index (χ2v) is 7.02. The van der Waals surface area contributed by atoms with E-state index in [0.29, 0.717) is 18.6 Å². The number of rotatable bonds is 5. The lowest BCUT2D eigenvalue weighted by molar-refractivity contribution is 0.343. The van der Waals surface area contributed by atoms with Gasteiger partial charge in [-0.25, -0.2) is 4.98 Å². The number of anilines is 1. The number of ether oxygens (including phenoxy) is 1. The molecule has 114 valence electrons. The lowest BCUT2D eigenvalue weighted by Gasteiger charge is -2.15. The van der Waals surface area contributed by atoms with Crippen molar-refractivity contribution in [2.75, 3.05) is 18.1 Å². The first-order valence-electron chi connectivity index (χ1n) is 7.75. The van der Waals surface area contributed by atoms with Crippen molar-refractivity contribution < 1.29 is 4.74 Å². The number of thioether (sulfide) groups is 1. The molecule has 1 aliphatic rings. The third-order valence-corrected chi connectivity index (χ3v) is 5.37. The number of nitrogens with two attached hydrogens (primary N) is 1. The molecule has 2 unspecified atom stereocenters. The van der Waals surface area contributed by atoms with Crippen molar-refractivity contribution in [3.63, 3.8) is 0 Å². The van der Waals surface area contributed by atoms with Crippen LogP contribution in [-0.2, 0) is 0 Å². The Morgan fingerprint density at radius 3 is 3.00 bits per heavy atom. The van der Waals surface area contributed by atoms with Crippen molar-refractivity contribution in [3.05, 3.63) is 18.2 Å². The molecule has 1 aliphatic carbocycles. The minimum Gasteiger partial charge on any atom is -0.492 e. The Labute approximate surface area is 130 Å². The molecule has 0 aliphatic heterocycles. The summed E-state index contributed by atoms with van der Waals surface area (Å²) in [5, 5.41) is 0.756. The molecule has 1 saturated carbocycles. The summed E-state index contributed by atoms with van der Waals surface area (Å²) in [6.45, 7) is 4.86. The van der Waals surface area contributed by atoms with Gasteiger partial charge in [0, 0.05) is 11.3 Å². The summed E-state index contributed by atoms with van der Waals surface area (Å²) in [6, 6.07) is 6.56. The predicted octanol–water partition coefficient (Wildman–Crippen LogP) is 3.86. The molecule has 21 heavy (non-hydrogen) atoms. The van der Waals surface area contributed by atoms with Gasteiger partial charge in [-0.15, -0.1) is 0 Å². The van der Waals surface area contributed by atoms with Crippen molar-refractivity contribution in [1.29, 1.82) is 0 Å². The van der Waals surface area contributed by atoms with Crippen LogP contribution in [0, 0.1) is 0 Å². The second-order valence-electron chi connectivity index (χ2n) is 5.44. The topological polar surface area (TPSA) is 53.1 Å². The standard InChI is InChI=1S/C16H23N3OS/c1-3-20-14-7-5-6-13-15(14)18-16(17)19(13)11-8-9-12(10-11)21-4-2/h5-7,11-12H,3-4,8-10H2,1-2H3,(H2,17,18). The molecule has 0 spiro atoms. The Morgan fingerprint density at radius 1 is 1.38 bits per heavy atom. The summed E-state index contributed by atoms with van der Waals surface area (Å²) in [5.41, 5.74) is 8.20. The molecule has 1 heterocycles. The van der Waals surface area contributed by atoms with Crippen LogP contribution in [-0.4, -0.2) is 27.2 Å². The molecule has 1 aromatic heterocycles. The highest BCUT2D eigenvalue weighted by Gasteiger charge is 2.28. The lowest BCUT2D eigenvalue weighted by atomic mass is 10.2. The molecule has 2 N–H and O–H groups in total. The second kappa shape index (κ2) is 6.18. The average molecular weight is 305 g/mol. The van der Waals surface area contributed by atoms with Crippen LogP contribution >= 0.6 is 11.8 Å². The van der Waals surface area contributed by atoms with Gasteiger partial charge < -0.3 is 15.0 Å². The number of nitrogen functional groups attached to an aromatic ring is 1. The van der Waals surface area contributed by atoms with E-state index in [1.807, 2.05) is 19.1 Å². The zero-order valence-electron chi connectivity index (χ0n) is 12.7. The Bertz CT molecular complexity index is 625. The summed E-state index contributed by atoms with van der Waals surface area (Å²) >= 11 is 2.06. The van der Waals surface area contributed by atoms with Gasteiger partial charge in [0.05, 0.1) is 12.1 Å². The van der Waals surface area contributed by atoms with E-state index in [1.54, 1.807) is 0 Å². The van der Waals surface area contributed by atoms with Crippen LogP contribution in [0.4, 0.5) is 5.95 Å². The van der Waals surface area contributed by atoms with E-state index in [4.69, 9.17) is 10.5 Å². The fourth-order valence-electron chi connectivity index (χ4n) is 3.30. The molecule has 1 aromatic carbocycles. The van der Waals surface area contributed by atoms with Gasteiger partial charge in [-0.1, -0.05) is 13.0 Å². The van der Waals surface area contributed by atoms with E-state index < -0.39 is 0 Å². The maximum atomic E-state index is 6.21. The van der Waals surface area contributed by atoms with Gasteiger partial charge in [-0.2, -0.15) is 11.8 Å². The molecular weight excluding hydrogens is 282 g/mol. The number of nitrogens with zero attached hydrogens (tertiary/aromatic N) is 2. The first-order chi connectivity index (χ1) is 10.2. The Morgan fingerprint density at radius 2 is 2.24 bits per heavy atom. The molecular formula is C16H23N3OS. The number of imidazole rings is 1. The molecule has 3 rings (SSSR count). The molecule has 5 heteroatoms. The Balaban J connectivity index is 1.96. The number of hydrogen-bond donors (Lipinski definition) is 1. The van der Waals surface area contributed by atoms with E-state index in [2.05, 4.69) is 34.3 Å². The summed E-state index contributed by atoms with van der Waals surface area (Å²) in [5.74, 6) is 2.63. The van der Waals surface area contributed by atoms with Crippen LogP contribution < -0.4 is 10.5 Å². The number of hydrogen-bond acceptors (Lipinski definition) is 4. The summed E-state index contributed by atoms with van der Waals surface area (Å²) in [4.78, 5) is 4.56. The van der Waals surface area contributed by atoms with Gasteiger partial charge in [-0.3, -0.25) is 0 Å². The zero-order valence-corrected chi connectivity index (χ0v) is 13.5. The third-order valence-electron chi connectivity index (χ3n) is 4.13. The molecule has 0 radical (unpaired) electrons. The van der Waals surface area contributed by atoms with Crippen LogP contribution in [0.1, 0.15) is 39.2 Å². The molecule has 0 amide bonds. The van der Waals surface area contributed by atoms with Crippen LogP contribution in [0.25, 0.3) is 11.0 Å². The first-order valence-corrected chi connectivity index (χ1v) is 8.80. The Hall–Kier alpha value is -1.36. The van der Waals surface area contributed by atoms with Crippen molar-refractivity contribution >= 4 is 28.7 Å². The van der Waals surface area contributed by atoms with Gasteiger partial charge in [0.25, 0.3) is 0 Å². The summed E-state index contributed by atoms with van der Waals surface area (Å²) < 4.78 is 7.89. The van der Waals surface area contributed by atoms with Crippen molar-refractivity contribution in [2.24, 2.45) is 0 Å². The number of benzene rings is 1. The van der Waals surface area contributed by atoms with E-state index in [-0.39, 0.29) is 0 Å². The maximum absolute atomic E-state index is 6.21. The number of fused-ring (bicyclic) bond motifs is 1. The van der Waals surface area contributed by atoms with Gasteiger partial charge >= 0.3 is 0 Å². The predicted molar refractivity (Wildman–Crippen MR) is 90.1 cm³/mol. The van der Waals surface area contributed by atoms with Gasteiger partial charge in [0.15, 0.2) is 0 Å². The van der Waals surface area contributed by atoms with Gasteiger partial charge in [-0.05, 0) is 44.1 Å². The maximum Gasteiger partial charge on any atom is 0.201 e. The van der Waals surface area contributed by atoms with E-state index in [1.165, 1.54) is 25.0 Å². The monoisotopic (exact) mass is 305 g/mol. The van der Waals surface area contributed by atoms with Gasteiger partial charge in [0.1, 0.15) is 11.3 Å². The highest BCUT2D eigenvalue weighted by atomic mass is 32.2. The molecule has 2 aromatic rings. The average Bonchev–Trinajstić information content (AvgIpc) is 3.03. The van der Waals surface area contributed by atoms with Crippen molar-refractivity contribution in [2.45, 2.75) is 44.4 Å². The minimum atomic E-state index is 0.468. The summed E-state index contributed by atoms with van der Waals surface area (Å²) in [7, 11) is 0. The van der Waals surface area contributed by atoms with E-state index in [0.717, 1.165) is 22.0 Å². The Kier molecular flexibility index (Phi) is 4.29. The first kappa shape index (κ1) is 14.6. The van der Waals surface area contributed by atoms with Crippen LogP contribution in [0.3, 0.4) is 0 Å². The summed E-state index contributed by atoms with van der Waals surface area (Å²) in [6.07, 6.45) is 3.65. The van der Waals surface area contributed by atoms with Crippen LogP contribution in [0.5, 0.6) is 5.75 Å². The smallest absolute Gasteiger partial charge is 0.201 e. The zero-order chi connectivity index (χ0) is 14.8. The molecule has 2 atom stereocenters. The third kappa shape index (κ3) is 2.71. The number of aromatic nitrogens is 2. The number of para-hydroxylation sites is 1. The van der Waals surface area contributed by atoms with E-state index in [9.17, 15) is 0 Å². The molecule has 0 saturated heterocycles. The van der Waals surface area contributed by atoms with Crippen molar-refractivity contribution in [1.82, 2.24) is 9.55 Å². The van der Waals surface area contributed by atoms with Crippen LogP contribution in [0.2, 0.25) is 0 Å². The molecule has 4 nitrogen and oxygen atoms in total. The minimum absolute atomic E-state index is 0.468.